The molecule has 1 atom stereocenters. The van der Waals surface area contributed by atoms with Gasteiger partial charge in [-0.15, -0.1) is 0 Å². The monoisotopic (exact) mass is 474 g/mol. The Hall–Kier alpha value is -3.97. The van der Waals surface area contributed by atoms with Crippen LogP contribution in [0.3, 0.4) is 0 Å². The summed E-state index contributed by atoms with van der Waals surface area (Å²) < 4.78 is 5.54. The molecular weight excluding hydrogens is 456 g/mol. The normalized spacial score (nSPS) is 17.4. The van der Waals surface area contributed by atoms with Crippen LogP contribution in [-0.2, 0) is 9.59 Å². The molecule has 3 amide bonds. The molecule has 8 heteroatoms. The largest absolute Gasteiger partial charge is 0.426 e. The van der Waals surface area contributed by atoms with E-state index in [1.807, 2.05) is 6.92 Å². The summed E-state index contributed by atoms with van der Waals surface area (Å²) in [5.74, 6) is -2.09. The van der Waals surface area contributed by atoms with Crippen LogP contribution in [0.25, 0.3) is 0 Å². The van der Waals surface area contributed by atoms with E-state index in [4.69, 9.17) is 16.3 Å². The number of hydrogen-bond donors (Lipinski definition) is 0. The maximum atomic E-state index is 12.9. The average Bonchev–Trinajstić information content (AvgIpc) is 3.33. The van der Waals surface area contributed by atoms with Crippen molar-refractivity contribution in [2.45, 2.75) is 13.3 Å². The zero-order chi connectivity index (χ0) is 24.0. The van der Waals surface area contributed by atoms with Crippen molar-refractivity contribution in [1.82, 2.24) is 0 Å². The van der Waals surface area contributed by atoms with Crippen LogP contribution in [0, 0.1) is 12.8 Å². The minimum atomic E-state index is -0.658. The first-order valence-electron chi connectivity index (χ1n) is 10.7. The SMILES string of the molecule is Cc1c(Cl)cccc1N1C[C@@H](C(=O)Oc2cccc(N3C(=O)c4ccccc4C3=O)c2)CC1=O. The van der Waals surface area contributed by atoms with Gasteiger partial charge in [0, 0.05) is 29.7 Å². The number of halogens is 1. The summed E-state index contributed by atoms with van der Waals surface area (Å²) in [6.45, 7) is 2.00. The Morgan fingerprint density at radius 1 is 0.941 bits per heavy atom. The fourth-order valence-electron chi connectivity index (χ4n) is 4.30. The van der Waals surface area contributed by atoms with E-state index < -0.39 is 23.7 Å². The molecule has 7 nitrogen and oxygen atoms in total. The highest BCUT2D eigenvalue weighted by atomic mass is 35.5. The molecule has 3 aromatic rings. The van der Waals surface area contributed by atoms with Gasteiger partial charge in [0.2, 0.25) is 5.91 Å². The van der Waals surface area contributed by atoms with Crippen LogP contribution in [0.2, 0.25) is 5.02 Å². The predicted octanol–water partition coefficient (Wildman–Crippen LogP) is 4.41. The van der Waals surface area contributed by atoms with Crippen molar-refractivity contribution in [2.75, 3.05) is 16.3 Å². The molecule has 1 fully saturated rings. The Morgan fingerprint density at radius 2 is 1.62 bits per heavy atom. The van der Waals surface area contributed by atoms with E-state index in [0.29, 0.717) is 27.5 Å². The molecule has 0 spiro atoms. The van der Waals surface area contributed by atoms with Crippen molar-refractivity contribution in [3.8, 4) is 5.75 Å². The number of esters is 1. The highest BCUT2D eigenvalue weighted by Crippen LogP contribution is 2.33. The fraction of sp³-hybridized carbons (Fsp3) is 0.154. The van der Waals surface area contributed by atoms with E-state index >= 15 is 0 Å². The van der Waals surface area contributed by atoms with E-state index in [1.165, 1.54) is 6.07 Å². The molecule has 0 radical (unpaired) electrons. The number of carbonyl (C=O) groups is 4. The van der Waals surface area contributed by atoms with Gasteiger partial charge >= 0.3 is 5.97 Å². The Balaban J connectivity index is 1.32. The first-order chi connectivity index (χ1) is 16.3. The summed E-state index contributed by atoms with van der Waals surface area (Å²) in [5, 5.41) is 0.543. The molecule has 2 aliphatic rings. The molecule has 2 heterocycles. The Kier molecular flexibility index (Phi) is 5.42. The van der Waals surface area contributed by atoms with Crippen LogP contribution >= 0.6 is 11.6 Å². The molecule has 2 aliphatic heterocycles. The number of ether oxygens (including phenoxy) is 1. The van der Waals surface area contributed by atoms with Crippen LogP contribution in [0.4, 0.5) is 11.4 Å². The van der Waals surface area contributed by atoms with Gasteiger partial charge in [-0.05, 0) is 48.9 Å². The molecule has 1 saturated heterocycles. The fourth-order valence-corrected chi connectivity index (χ4v) is 4.47. The number of anilines is 2. The number of hydrogen-bond acceptors (Lipinski definition) is 5. The molecular formula is C26H19ClN2O5. The lowest BCUT2D eigenvalue weighted by Gasteiger charge is -2.19. The molecule has 0 unspecified atom stereocenters. The molecule has 0 bridgehead atoms. The van der Waals surface area contributed by atoms with E-state index in [-0.39, 0.29) is 24.6 Å². The Morgan fingerprint density at radius 3 is 2.32 bits per heavy atom. The van der Waals surface area contributed by atoms with Crippen molar-refractivity contribution < 1.29 is 23.9 Å². The second-order valence-corrected chi connectivity index (χ2v) is 8.61. The van der Waals surface area contributed by atoms with Gasteiger partial charge in [-0.3, -0.25) is 19.2 Å². The molecule has 3 aromatic carbocycles. The zero-order valence-corrected chi connectivity index (χ0v) is 18.9. The summed E-state index contributed by atoms with van der Waals surface area (Å²) in [5.41, 5.74) is 2.39. The van der Waals surface area contributed by atoms with Crippen LogP contribution in [0.1, 0.15) is 32.7 Å². The molecule has 0 saturated carbocycles. The molecule has 0 N–H and O–H groups in total. The lowest BCUT2D eigenvalue weighted by Crippen LogP contribution is -2.29. The third kappa shape index (κ3) is 3.64. The van der Waals surface area contributed by atoms with Crippen molar-refractivity contribution in [3.05, 3.63) is 88.4 Å². The van der Waals surface area contributed by atoms with Crippen LogP contribution in [0.5, 0.6) is 5.75 Å². The van der Waals surface area contributed by atoms with E-state index in [0.717, 1.165) is 10.5 Å². The number of imide groups is 1. The van der Waals surface area contributed by atoms with Gasteiger partial charge in [-0.25, -0.2) is 4.90 Å². The number of carbonyl (C=O) groups excluding carboxylic acids is 4. The standard InChI is InChI=1S/C26H19ClN2O5/c1-15-21(27)10-5-11-22(15)28-14-16(12-23(28)30)26(33)34-18-7-4-6-17(13-18)29-24(31)19-8-2-3-9-20(19)25(29)32/h2-11,13,16H,12,14H2,1H3/t16-/m0/s1. The maximum absolute atomic E-state index is 12.9. The minimum Gasteiger partial charge on any atom is -0.426 e. The number of fused-ring (bicyclic) bond motifs is 1. The van der Waals surface area contributed by atoms with Gasteiger partial charge in [-0.1, -0.05) is 35.9 Å². The quantitative estimate of drug-likeness (QED) is 0.318. The third-order valence-corrected chi connectivity index (χ3v) is 6.49. The van der Waals surface area contributed by atoms with Crippen molar-refractivity contribution >= 4 is 46.7 Å². The molecule has 170 valence electrons. The minimum absolute atomic E-state index is 0.0167. The predicted molar refractivity (Wildman–Crippen MR) is 126 cm³/mol. The van der Waals surface area contributed by atoms with Crippen LogP contribution in [0.15, 0.2) is 66.7 Å². The second kappa shape index (κ2) is 8.43. The first-order valence-corrected chi connectivity index (χ1v) is 11.1. The first kappa shape index (κ1) is 21.9. The topological polar surface area (TPSA) is 84.0 Å². The highest BCUT2D eigenvalue weighted by molar-refractivity contribution is 6.34. The highest BCUT2D eigenvalue weighted by Gasteiger charge is 2.38. The van der Waals surface area contributed by atoms with E-state index in [1.54, 1.807) is 65.6 Å². The average molecular weight is 475 g/mol. The lowest BCUT2D eigenvalue weighted by atomic mass is 10.1. The van der Waals surface area contributed by atoms with Crippen LogP contribution < -0.4 is 14.5 Å². The Bertz CT molecular complexity index is 1330. The maximum Gasteiger partial charge on any atom is 0.316 e. The lowest BCUT2D eigenvalue weighted by molar-refractivity contribution is -0.139. The summed E-state index contributed by atoms with van der Waals surface area (Å²) >= 11 is 6.18. The van der Waals surface area contributed by atoms with Gasteiger partial charge in [0.15, 0.2) is 0 Å². The van der Waals surface area contributed by atoms with E-state index in [2.05, 4.69) is 0 Å². The van der Waals surface area contributed by atoms with Gasteiger partial charge in [-0.2, -0.15) is 0 Å². The van der Waals surface area contributed by atoms with Crippen molar-refractivity contribution in [2.24, 2.45) is 5.92 Å². The number of nitrogens with zero attached hydrogens (tertiary/aromatic N) is 2. The number of amides is 3. The molecule has 0 aliphatic carbocycles. The van der Waals surface area contributed by atoms with Gasteiger partial charge in [0.1, 0.15) is 5.75 Å². The van der Waals surface area contributed by atoms with Gasteiger partial charge in [0.25, 0.3) is 11.8 Å². The van der Waals surface area contributed by atoms with Crippen molar-refractivity contribution in [1.29, 1.82) is 0 Å². The number of benzene rings is 3. The van der Waals surface area contributed by atoms with Crippen molar-refractivity contribution in [3.63, 3.8) is 0 Å². The smallest absolute Gasteiger partial charge is 0.316 e. The molecule has 5 rings (SSSR count). The molecule has 0 aromatic heterocycles. The van der Waals surface area contributed by atoms with E-state index in [9.17, 15) is 19.2 Å². The summed E-state index contributed by atoms with van der Waals surface area (Å²) in [7, 11) is 0. The summed E-state index contributed by atoms with van der Waals surface area (Å²) in [4.78, 5) is 53.6. The zero-order valence-electron chi connectivity index (χ0n) is 18.2. The van der Waals surface area contributed by atoms with Gasteiger partial charge < -0.3 is 9.64 Å². The summed E-state index contributed by atoms with van der Waals surface area (Å²) in [6.07, 6.45) is 0.0167. The Labute approximate surface area is 200 Å². The summed E-state index contributed by atoms with van der Waals surface area (Å²) in [6, 6.07) is 18.1. The third-order valence-electron chi connectivity index (χ3n) is 6.08. The van der Waals surface area contributed by atoms with Gasteiger partial charge in [0.05, 0.1) is 22.7 Å². The second-order valence-electron chi connectivity index (χ2n) is 8.20. The number of rotatable bonds is 4. The molecule has 34 heavy (non-hydrogen) atoms. The van der Waals surface area contributed by atoms with Crippen LogP contribution in [-0.4, -0.2) is 30.2 Å².